The smallest absolute Gasteiger partial charge is 0.253 e. The number of benzene rings is 2. The Hall–Kier alpha value is -2.58. The van der Waals surface area contributed by atoms with Crippen molar-refractivity contribution < 1.29 is 18.0 Å². The number of sulfone groups is 1. The van der Waals surface area contributed by atoms with Gasteiger partial charge in [0, 0.05) is 23.7 Å². The minimum atomic E-state index is -3.59. The Morgan fingerprint density at radius 1 is 1.10 bits per heavy atom. The van der Waals surface area contributed by atoms with Gasteiger partial charge < -0.3 is 15.5 Å². The van der Waals surface area contributed by atoms with Gasteiger partial charge in [0.25, 0.3) is 5.91 Å². The maximum absolute atomic E-state index is 12.6. The van der Waals surface area contributed by atoms with Gasteiger partial charge in [-0.2, -0.15) is 0 Å². The lowest BCUT2D eigenvalue weighted by Gasteiger charge is -2.27. The highest BCUT2D eigenvalue weighted by atomic mass is 35.5. The van der Waals surface area contributed by atoms with Crippen molar-refractivity contribution in [1.29, 1.82) is 0 Å². The van der Waals surface area contributed by atoms with E-state index in [9.17, 15) is 18.0 Å². The van der Waals surface area contributed by atoms with Gasteiger partial charge in [-0.25, -0.2) is 8.42 Å². The Balaban J connectivity index is 1.47. The third-order valence-electron chi connectivity index (χ3n) is 5.32. The van der Waals surface area contributed by atoms with E-state index in [4.69, 9.17) is 11.6 Å². The summed E-state index contributed by atoms with van der Waals surface area (Å²) >= 11 is 6.07. The fourth-order valence-electron chi connectivity index (χ4n) is 3.77. The first-order valence-corrected chi connectivity index (χ1v) is 12.0. The van der Waals surface area contributed by atoms with Gasteiger partial charge >= 0.3 is 0 Å². The average Bonchev–Trinajstić information content (AvgIpc) is 3.24. The Morgan fingerprint density at radius 3 is 2.57 bits per heavy atom. The lowest BCUT2D eigenvalue weighted by molar-refractivity contribution is -0.116. The predicted octanol–water partition coefficient (Wildman–Crippen LogP) is 2.92. The number of carbonyl (C=O) groups is 2. The number of halogens is 1. The lowest BCUT2D eigenvalue weighted by Crippen LogP contribution is -2.43. The number of carbonyl (C=O) groups excluding carboxylic acids is 2. The average molecular weight is 448 g/mol. The highest BCUT2D eigenvalue weighted by molar-refractivity contribution is 7.90. The Kier molecular flexibility index (Phi) is 5.71. The van der Waals surface area contributed by atoms with Crippen molar-refractivity contribution in [3.63, 3.8) is 0 Å². The first-order valence-electron chi connectivity index (χ1n) is 9.77. The van der Waals surface area contributed by atoms with E-state index >= 15 is 0 Å². The molecule has 2 heterocycles. The van der Waals surface area contributed by atoms with Gasteiger partial charge in [0.2, 0.25) is 5.91 Å². The van der Waals surface area contributed by atoms with Crippen LogP contribution in [-0.2, 0) is 20.4 Å². The molecule has 0 saturated carbocycles. The monoisotopic (exact) mass is 447 g/mol. The Bertz CT molecular complexity index is 1100. The van der Waals surface area contributed by atoms with Crippen LogP contribution in [0.2, 0.25) is 5.02 Å². The van der Waals surface area contributed by atoms with Crippen molar-refractivity contribution in [2.24, 2.45) is 0 Å². The summed E-state index contributed by atoms with van der Waals surface area (Å²) in [7, 11) is -3.59. The van der Waals surface area contributed by atoms with Gasteiger partial charge in [-0.15, -0.1) is 0 Å². The number of hydrogen-bond acceptors (Lipinski definition) is 5. The summed E-state index contributed by atoms with van der Waals surface area (Å²) in [5.74, 6) is -1.11. The number of likely N-dealkylation sites (tertiary alicyclic amines) is 1. The largest absolute Gasteiger partial charge is 0.371 e. The molecule has 2 aromatic rings. The highest BCUT2D eigenvalue weighted by Gasteiger charge is 2.31. The number of anilines is 2. The molecule has 2 aliphatic heterocycles. The molecular weight excluding hydrogens is 426 g/mol. The van der Waals surface area contributed by atoms with Crippen LogP contribution in [0.1, 0.15) is 28.8 Å². The molecule has 2 aromatic carbocycles. The molecule has 2 aliphatic rings. The number of fused-ring (bicyclic) bond motifs is 1. The van der Waals surface area contributed by atoms with Crippen LogP contribution in [-0.4, -0.2) is 50.0 Å². The zero-order chi connectivity index (χ0) is 21.3. The van der Waals surface area contributed by atoms with Crippen LogP contribution in [0.15, 0.2) is 42.5 Å². The van der Waals surface area contributed by atoms with Crippen LogP contribution in [0.4, 0.5) is 11.4 Å². The normalized spacial score (nSPS) is 18.5. The molecule has 0 radical (unpaired) electrons. The molecule has 0 aromatic heterocycles. The van der Waals surface area contributed by atoms with Crippen LogP contribution >= 0.6 is 11.6 Å². The minimum Gasteiger partial charge on any atom is -0.371 e. The van der Waals surface area contributed by atoms with Gasteiger partial charge in [-0.3, -0.25) is 9.59 Å². The van der Waals surface area contributed by atoms with Crippen molar-refractivity contribution in [1.82, 2.24) is 4.90 Å². The summed E-state index contributed by atoms with van der Waals surface area (Å²) in [4.78, 5) is 26.9. The molecule has 1 saturated heterocycles. The fourth-order valence-corrected chi connectivity index (χ4v) is 5.63. The molecule has 2 amide bonds. The van der Waals surface area contributed by atoms with E-state index in [0.717, 1.165) is 25.9 Å². The lowest BCUT2D eigenvalue weighted by atomic mass is 10.1. The summed E-state index contributed by atoms with van der Waals surface area (Å²) in [6.45, 7) is 1.48. The zero-order valence-electron chi connectivity index (χ0n) is 16.2. The summed E-state index contributed by atoms with van der Waals surface area (Å²) in [6, 6.07) is 10.8. The molecular formula is C21H22ClN3O4S. The van der Waals surface area contributed by atoms with E-state index in [1.807, 2.05) is 0 Å². The maximum Gasteiger partial charge on any atom is 0.253 e. The van der Waals surface area contributed by atoms with Gasteiger partial charge in [0.15, 0.2) is 9.84 Å². The molecule has 2 N–H and O–H groups in total. The van der Waals surface area contributed by atoms with Gasteiger partial charge in [-0.1, -0.05) is 29.8 Å². The second-order valence-corrected chi connectivity index (χ2v) is 10.1. The van der Waals surface area contributed by atoms with Gasteiger partial charge in [0.05, 0.1) is 22.9 Å². The van der Waals surface area contributed by atoms with Crippen LogP contribution in [0.3, 0.4) is 0 Å². The number of nitrogens with one attached hydrogen (secondary N) is 2. The van der Waals surface area contributed by atoms with Crippen LogP contribution in [0, 0.1) is 0 Å². The number of amides is 2. The number of hydrogen-bond donors (Lipinski definition) is 2. The van der Waals surface area contributed by atoms with E-state index in [1.165, 1.54) is 0 Å². The molecule has 30 heavy (non-hydrogen) atoms. The third-order valence-corrected chi connectivity index (χ3v) is 7.28. The first kappa shape index (κ1) is 20.7. The first-order chi connectivity index (χ1) is 14.3. The van der Waals surface area contributed by atoms with E-state index in [-0.39, 0.29) is 17.4 Å². The minimum absolute atomic E-state index is 0.0611. The highest BCUT2D eigenvalue weighted by Crippen LogP contribution is 2.29. The van der Waals surface area contributed by atoms with Crippen LogP contribution in [0.5, 0.6) is 0 Å². The fraction of sp³-hybridized carbons (Fsp3) is 0.333. The van der Waals surface area contributed by atoms with E-state index in [1.54, 1.807) is 47.4 Å². The quantitative estimate of drug-likeness (QED) is 0.734. The zero-order valence-corrected chi connectivity index (χ0v) is 17.8. The van der Waals surface area contributed by atoms with Crippen LogP contribution in [0.25, 0.3) is 0 Å². The second-order valence-electron chi connectivity index (χ2n) is 7.59. The van der Waals surface area contributed by atoms with Crippen molar-refractivity contribution in [2.75, 3.05) is 29.5 Å². The van der Waals surface area contributed by atoms with Crippen molar-refractivity contribution in [3.05, 3.63) is 58.6 Å². The Morgan fingerprint density at radius 2 is 1.83 bits per heavy atom. The van der Waals surface area contributed by atoms with E-state index in [0.29, 0.717) is 27.5 Å². The molecule has 1 fully saturated rings. The van der Waals surface area contributed by atoms with Gasteiger partial charge in [-0.05, 0) is 42.7 Å². The molecule has 0 aliphatic carbocycles. The molecule has 1 unspecified atom stereocenters. The SMILES string of the molecule is O=C1Nc2cc(C(=O)N3CCCC3)ccc2NC1CS(=O)(=O)Cc1ccccc1Cl. The number of rotatable bonds is 5. The predicted molar refractivity (Wildman–Crippen MR) is 117 cm³/mol. The summed E-state index contributed by atoms with van der Waals surface area (Å²) in [5.41, 5.74) is 2.07. The second kappa shape index (κ2) is 8.28. The molecule has 9 heteroatoms. The summed E-state index contributed by atoms with van der Waals surface area (Å²) in [5, 5.41) is 6.10. The summed E-state index contributed by atoms with van der Waals surface area (Å²) in [6.07, 6.45) is 2.00. The molecule has 7 nitrogen and oxygen atoms in total. The molecule has 158 valence electrons. The summed E-state index contributed by atoms with van der Waals surface area (Å²) < 4.78 is 25.3. The van der Waals surface area contributed by atoms with Crippen molar-refractivity contribution >= 4 is 44.6 Å². The topological polar surface area (TPSA) is 95.6 Å². The van der Waals surface area contributed by atoms with Crippen molar-refractivity contribution in [2.45, 2.75) is 24.6 Å². The molecule has 0 spiro atoms. The molecule has 1 atom stereocenters. The van der Waals surface area contributed by atoms with E-state index < -0.39 is 21.8 Å². The Labute approximate surface area is 180 Å². The van der Waals surface area contributed by atoms with E-state index in [2.05, 4.69) is 10.6 Å². The van der Waals surface area contributed by atoms with Crippen LogP contribution < -0.4 is 10.6 Å². The van der Waals surface area contributed by atoms with Crippen molar-refractivity contribution in [3.8, 4) is 0 Å². The number of nitrogens with zero attached hydrogens (tertiary/aromatic N) is 1. The van der Waals surface area contributed by atoms with Gasteiger partial charge in [0.1, 0.15) is 6.04 Å². The standard InChI is InChI=1S/C21H22ClN3O4S/c22-16-6-2-1-5-15(16)12-30(28,29)13-19-20(26)24-18-11-14(7-8-17(18)23-19)21(27)25-9-3-4-10-25/h1-2,5-8,11,19,23H,3-4,9-10,12-13H2,(H,24,26). The molecule has 0 bridgehead atoms. The third kappa shape index (κ3) is 4.44. The molecule has 4 rings (SSSR count). The maximum atomic E-state index is 12.6.